The van der Waals surface area contributed by atoms with Crippen molar-refractivity contribution >= 4 is 16.8 Å². The van der Waals surface area contributed by atoms with Crippen molar-refractivity contribution < 1.29 is 26.7 Å². The summed E-state index contributed by atoms with van der Waals surface area (Å²) >= 11 is 0. The molecule has 3 aromatic carbocycles. The van der Waals surface area contributed by atoms with Crippen molar-refractivity contribution in [1.29, 1.82) is 0 Å². The number of pyridine rings is 1. The Morgan fingerprint density at radius 1 is 1.00 bits per heavy atom. The Hall–Kier alpha value is -3.85. The molecule has 2 atom stereocenters. The number of carbonyl (C=O) groups is 1. The van der Waals surface area contributed by atoms with Crippen molar-refractivity contribution in [2.24, 2.45) is 0 Å². The maximum atomic E-state index is 13.6. The van der Waals surface area contributed by atoms with Crippen molar-refractivity contribution in [2.45, 2.75) is 50.5 Å². The van der Waals surface area contributed by atoms with Crippen LogP contribution in [0.5, 0.6) is 0 Å². The topological polar surface area (TPSA) is 45.2 Å². The highest BCUT2D eigenvalue weighted by molar-refractivity contribution is 5.95. The minimum absolute atomic E-state index is 0.0443. The Morgan fingerprint density at radius 2 is 1.75 bits per heavy atom. The number of alkyl halides is 5. The molecule has 4 nitrogen and oxygen atoms in total. The predicted molar refractivity (Wildman–Crippen MR) is 143 cm³/mol. The van der Waals surface area contributed by atoms with Crippen LogP contribution in [0.4, 0.5) is 22.0 Å². The fraction of sp³-hybridized carbons (Fsp3) is 0.290. The molecule has 0 aliphatic carbocycles. The van der Waals surface area contributed by atoms with E-state index in [9.17, 15) is 26.7 Å². The molecule has 208 valence electrons. The Kier molecular flexibility index (Phi) is 8.12. The first-order valence-corrected chi connectivity index (χ1v) is 13.1. The molecule has 1 aromatic heterocycles. The monoisotopic (exact) mass is 553 g/mol. The Morgan fingerprint density at radius 3 is 2.50 bits per heavy atom. The third-order valence-corrected chi connectivity index (χ3v) is 7.39. The van der Waals surface area contributed by atoms with Gasteiger partial charge in [-0.3, -0.25) is 9.78 Å². The van der Waals surface area contributed by atoms with Gasteiger partial charge in [0.25, 0.3) is 12.3 Å². The normalized spacial score (nSPS) is 17.9. The van der Waals surface area contributed by atoms with Gasteiger partial charge in [0, 0.05) is 47.9 Å². The molecule has 4 aromatic rings. The number of para-hydroxylation sites is 1. The van der Waals surface area contributed by atoms with Crippen LogP contribution in [0, 0.1) is 0 Å². The van der Waals surface area contributed by atoms with Crippen LogP contribution in [0.25, 0.3) is 10.9 Å². The van der Waals surface area contributed by atoms with Gasteiger partial charge in [-0.2, -0.15) is 13.2 Å². The van der Waals surface area contributed by atoms with Crippen LogP contribution in [0.15, 0.2) is 85.1 Å². The van der Waals surface area contributed by atoms with Gasteiger partial charge >= 0.3 is 6.18 Å². The highest BCUT2D eigenvalue weighted by Gasteiger charge is 2.36. The minimum atomic E-state index is -4.85. The van der Waals surface area contributed by atoms with Gasteiger partial charge in [0.1, 0.15) is 0 Å². The van der Waals surface area contributed by atoms with Crippen molar-refractivity contribution in [3.63, 3.8) is 0 Å². The highest BCUT2D eigenvalue weighted by atomic mass is 19.4. The molecule has 2 heterocycles. The number of aromatic nitrogens is 1. The summed E-state index contributed by atoms with van der Waals surface area (Å²) in [6, 6.07) is 21.0. The number of hydrogen-bond acceptors (Lipinski definition) is 3. The molecule has 1 amide bonds. The lowest BCUT2D eigenvalue weighted by Gasteiger charge is -2.40. The molecule has 5 rings (SSSR count). The smallest absolute Gasteiger partial charge is 0.335 e. The summed E-state index contributed by atoms with van der Waals surface area (Å²) in [7, 11) is 0. The van der Waals surface area contributed by atoms with E-state index < -0.39 is 29.6 Å². The number of halogens is 5. The summed E-state index contributed by atoms with van der Waals surface area (Å²) in [5.41, 5.74) is 0.509. The van der Waals surface area contributed by atoms with Gasteiger partial charge in [0.15, 0.2) is 0 Å². The van der Waals surface area contributed by atoms with E-state index in [2.05, 4.69) is 10.3 Å². The van der Waals surface area contributed by atoms with Gasteiger partial charge in [-0.25, -0.2) is 8.78 Å². The van der Waals surface area contributed by atoms with E-state index >= 15 is 0 Å². The van der Waals surface area contributed by atoms with Crippen molar-refractivity contribution in [3.8, 4) is 0 Å². The van der Waals surface area contributed by atoms with Crippen LogP contribution in [0.2, 0.25) is 0 Å². The zero-order chi connectivity index (χ0) is 28.3. The summed E-state index contributed by atoms with van der Waals surface area (Å²) in [6.45, 7) is 0.871. The average Bonchev–Trinajstić information content (AvgIpc) is 2.95. The molecule has 0 radical (unpaired) electrons. The molecule has 40 heavy (non-hydrogen) atoms. The van der Waals surface area contributed by atoms with Gasteiger partial charge in [0.2, 0.25) is 0 Å². The summed E-state index contributed by atoms with van der Waals surface area (Å²) in [4.78, 5) is 19.5. The first-order chi connectivity index (χ1) is 19.2. The van der Waals surface area contributed by atoms with E-state index in [-0.39, 0.29) is 24.2 Å². The molecule has 1 N–H and O–H groups in total. The van der Waals surface area contributed by atoms with Crippen molar-refractivity contribution in [3.05, 3.63) is 113 Å². The zero-order valence-electron chi connectivity index (χ0n) is 21.5. The summed E-state index contributed by atoms with van der Waals surface area (Å²) < 4.78 is 67.3. The molecule has 0 saturated carbocycles. The average molecular weight is 554 g/mol. The predicted octanol–water partition coefficient (Wildman–Crippen LogP) is 7.20. The van der Waals surface area contributed by atoms with Crippen LogP contribution in [0.1, 0.15) is 51.9 Å². The second-order valence-electron chi connectivity index (χ2n) is 10.1. The number of hydrogen-bond donors (Lipinski definition) is 1. The molecule has 1 aliphatic heterocycles. The number of amides is 1. The molecule has 9 heteroatoms. The van der Waals surface area contributed by atoms with Gasteiger partial charge in [-0.15, -0.1) is 0 Å². The maximum absolute atomic E-state index is 13.6. The van der Waals surface area contributed by atoms with Crippen LogP contribution < -0.4 is 5.32 Å². The second-order valence-corrected chi connectivity index (χ2v) is 10.1. The van der Waals surface area contributed by atoms with Gasteiger partial charge < -0.3 is 10.2 Å². The molecule has 1 aliphatic rings. The number of fused-ring (bicyclic) bond motifs is 1. The van der Waals surface area contributed by atoms with Crippen LogP contribution >= 0.6 is 0 Å². The van der Waals surface area contributed by atoms with Crippen LogP contribution in [0.3, 0.4) is 0 Å². The number of benzene rings is 3. The first kappa shape index (κ1) is 27.7. The molecule has 0 spiro atoms. The highest BCUT2D eigenvalue weighted by Crippen LogP contribution is 2.34. The fourth-order valence-corrected chi connectivity index (χ4v) is 5.38. The third kappa shape index (κ3) is 6.31. The van der Waals surface area contributed by atoms with Gasteiger partial charge in [0.05, 0.1) is 11.1 Å². The summed E-state index contributed by atoms with van der Waals surface area (Å²) in [6.07, 6.45) is -4.60. The quantitative estimate of drug-likeness (QED) is 0.246. The Labute approximate surface area is 228 Å². The van der Waals surface area contributed by atoms with E-state index in [4.69, 9.17) is 0 Å². The Balaban J connectivity index is 1.38. The van der Waals surface area contributed by atoms with E-state index in [0.29, 0.717) is 37.9 Å². The SMILES string of the molecule is O=C(c1cc(C(F)F)cc(C(F)(F)F)c1)N1CC[C@H](NCc2ccnc3ccccc23)C[C@H]1Cc1ccccc1. The Bertz CT molecular complexity index is 1470. The number of nitrogens with one attached hydrogen (secondary N) is 1. The lowest BCUT2D eigenvalue weighted by molar-refractivity contribution is -0.137. The lowest BCUT2D eigenvalue weighted by atomic mass is 9.91. The first-order valence-electron chi connectivity index (χ1n) is 13.1. The number of rotatable bonds is 7. The van der Waals surface area contributed by atoms with E-state index in [1.54, 1.807) is 6.20 Å². The molecule has 1 saturated heterocycles. The number of nitrogens with zero attached hydrogens (tertiary/aromatic N) is 2. The standard InChI is InChI=1S/C31H28F5N3O/c32-29(33)22-15-23(17-24(16-22)31(34,35)36)30(40)39-13-11-25(18-26(39)14-20-6-2-1-3-7-20)38-19-21-10-12-37-28-9-5-4-8-27(21)28/h1-10,12,15-17,25-26,29,38H,11,13-14,18-19H2/t25-,26+/m0/s1. The summed E-state index contributed by atoms with van der Waals surface area (Å²) in [5, 5.41) is 4.63. The summed E-state index contributed by atoms with van der Waals surface area (Å²) in [5.74, 6) is -0.674. The van der Waals surface area contributed by atoms with Gasteiger partial charge in [-0.1, -0.05) is 48.5 Å². The van der Waals surface area contributed by atoms with E-state index in [1.807, 2.05) is 60.7 Å². The van der Waals surface area contributed by atoms with Crippen molar-refractivity contribution in [1.82, 2.24) is 15.2 Å². The van der Waals surface area contributed by atoms with Gasteiger partial charge in [-0.05, 0) is 60.7 Å². The van der Waals surface area contributed by atoms with E-state index in [1.165, 1.54) is 4.90 Å². The largest absolute Gasteiger partial charge is 0.416 e. The molecule has 0 bridgehead atoms. The molecular weight excluding hydrogens is 525 g/mol. The maximum Gasteiger partial charge on any atom is 0.416 e. The fourth-order valence-electron chi connectivity index (χ4n) is 5.38. The third-order valence-electron chi connectivity index (χ3n) is 7.39. The molecular formula is C31H28F5N3O. The lowest BCUT2D eigenvalue weighted by Crippen LogP contribution is -2.51. The minimum Gasteiger partial charge on any atom is -0.335 e. The number of likely N-dealkylation sites (tertiary alicyclic amines) is 1. The number of carbonyl (C=O) groups excluding carboxylic acids is 1. The zero-order valence-corrected chi connectivity index (χ0v) is 21.5. The van der Waals surface area contributed by atoms with E-state index in [0.717, 1.165) is 28.1 Å². The van der Waals surface area contributed by atoms with Crippen LogP contribution in [-0.4, -0.2) is 34.4 Å². The molecule has 1 fully saturated rings. The van der Waals surface area contributed by atoms with Crippen LogP contribution in [-0.2, 0) is 19.1 Å². The van der Waals surface area contributed by atoms with Crippen molar-refractivity contribution in [2.75, 3.05) is 6.54 Å². The molecule has 0 unspecified atom stereocenters. The second kappa shape index (κ2) is 11.7. The number of piperidine rings is 1.